The summed E-state index contributed by atoms with van der Waals surface area (Å²) in [7, 11) is 1.92. The lowest BCUT2D eigenvalue weighted by molar-refractivity contribution is 0.175. The number of aliphatic hydroxyl groups is 1. The minimum Gasteiger partial charge on any atom is -0.492 e. The van der Waals surface area contributed by atoms with E-state index < -0.39 is 0 Å². The van der Waals surface area contributed by atoms with Gasteiger partial charge in [-0.3, -0.25) is 0 Å². The van der Waals surface area contributed by atoms with Gasteiger partial charge in [0.2, 0.25) is 0 Å². The van der Waals surface area contributed by atoms with E-state index in [1.807, 2.05) is 32.2 Å². The van der Waals surface area contributed by atoms with Gasteiger partial charge in [0.1, 0.15) is 5.75 Å². The molecule has 1 aromatic carbocycles. The first kappa shape index (κ1) is 13.7. The molecule has 1 aliphatic rings. The molecule has 1 aliphatic carbocycles. The second kappa shape index (κ2) is 5.47. The largest absolute Gasteiger partial charge is 0.492 e. The molecule has 0 bridgehead atoms. The molecular weight excluding hydrogens is 250 g/mol. The van der Waals surface area contributed by atoms with E-state index in [0.29, 0.717) is 17.4 Å². The van der Waals surface area contributed by atoms with Crippen LogP contribution >= 0.6 is 11.6 Å². The Morgan fingerprint density at radius 2 is 2.22 bits per heavy atom. The highest BCUT2D eigenvalue weighted by atomic mass is 35.5. The van der Waals surface area contributed by atoms with Gasteiger partial charge in [-0.05, 0) is 44.5 Å². The van der Waals surface area contributed by atoms with Crippen molar-refractivity contribution in [3.05, 3.63) is 28.8 Å². The fraction of sp³-hybridized carbons (Fsp3) is 0.571. The van der Waals surface area contributed by atoms with Gasteiger partial charge < -0.3 is 15.2 Å². The van der Waals surface area contributed by atoms with Crippen molar-refractivity contribution in [2.45, 2.75) is 25.8 Å². The summed E-state index contributed by atoms with van der Waals surface area (Å²) in [5, 5.41) is 13.4. The molecule has 18 heavy (non-hydrogen) atoms. The van der Waals surface area contributed by atoms with E-state index in [-0.39, 0.29) is 18.1 Å². The molecule has 0 heterocycles. The predicted octanol–water partition coefficient (Wildman–Crippen LogP) is 2.77. The molecule has 0 radical (unpaired) electrons. The maximum Gasteiger partial charge on any atom is 0.137 e. The number of ether oxygens (including phenoxy) is 1. The van der Waals surface area contributed by atoms with Gasteiger partial charge in [0.25, 0.3) is 0 Å². The van der Waals surface area contributed by atoms with Crippen molar-refractivity contribution in [1.82, 2.24) is 5.32 Å². The Hall–Kier alpha value is -0.770. The lowest BCUT2D eigenvalue weighted by Crippen LogP contribution is -2.29. The fourth-order valence-corrected chi connectivity index (χ4v) is 2.74. The number of rotatable bonds is 6. The van der Waals surface area contributed by atoms with Gasteiger partial charge in [-0.1, -0.05) is 17.7 Å². The molecular formula is C14H20ClNO2. The maximum absolute atomic E-state index is 9.53. The Morgan fingerprint density at radius 1 is 1.50 bits per heavy atom. The van der Waals surface area contributed by atoms with Crippen molar-refractivity contribution in [2.24, 2.45) is 5.41 Å². The topological polar surface area (TPSA) is 41.5 Å². The minimum atomic E-state index is -0.00872. The molecule has 1 unspecified atom stereocenters. The molecule has 2 rings (SSSR count). The third kappa shape index (κ3) is 2.48. The predicted molar refractivity (Wildman–Crippen MR) is 73.2 cm³/mol. The zero-order valence-corrected chi connectivity index (χ0v) is 11.6. The average molecular weight is 270 g/mol. The highest BCUT2D eigenvalue weighted by Gasteiger charge is 2.48. The molecule has 1 saturated carbocycles. The van der Waals surface area contributed by atoms with Crippen molar-refractivity contribution < 1.29 is 9.84 Å². The van der Waals surface area contributed by atoms with Crippen LogP contribution in [0.25, 0.3) is 0 Å². The van der Waals surface area contributed by atoms with Gasteiger partial charge in [0, 0.05) is 11.5 Å². The molecule has 0 aliphatic heterocycles. The van der Waals surface area contributed by atoms with Crippen LogP contribution in [0.4, 0.5) is 0 Å². The van der Waals surface area contributed by atoms with E-state index >= 15 is 0 Å². The number of aliphatic hydroxyl groups excluding tert-OH is 1. The molecule has 0 saturated heterocycles. The van der Waals surface area contributed by atoms with Gasteiger partial charge in [-0.25, -0.2) is 0 Å². The normalized spacial score (nSPS) is 18.4. The number of hydrogen-bond donors (Lipinski definition) is 2. The van der Waals surface area contributed by atoms with E-state index in [9.17, 15) is 5.11 Å². The first-order valence-corrected chi connectivity index (χ1v) is 6.75. The van der Waals surface area contributed by atoms with E-state index in [4.69, 9.17) is 16.3 Å². The zero-order chi connectivity index (χ0) is 13.2. The number of nitrogens with one attached hydrogen (secondary N) is 1. The van der Waals surface area contributed by atoms with Crippen molar-refractivity contribution in [2.75, 3.05) is 20.3 Å². The number of benzene rings is 1. The third-order valence-corrected chi connectivity index (χ3v) is 3.99. The summed E-state index contributed by atoms with van der Waals surface area (Å²) in [5.41, 5.74) is 1.10. The van der Waals surface area contributed by atoms with Crippen LogP contribution < -0.4 is 10.1 Å². The Kier molecular flexibility index (Phi) is 4.15. The van der Waals surface area contributed by atoms with Gasteiger partial charge >= 0.3 is 0 Å². The van der Waals surface area contributed by atoms with Crippen LogP contribution in [0.5, 0.6) is 5.75 Å². The molecule has 4 heteroatoms. The zero-order valence-electron chi connectivity index (χ0n) is 10.9. The number of hydrogen-bond acceptors (Lipinski definition) is 3. The molecule has 2 N–H and O–H groups in total. The first-order chi connectivity index (χ1) is 8.66. The SMILES string of the molecule is CCOc1ccc(C(NC)C2(CO)CC2)cc1Cl. The van der Waals surface area contributed by atoms with Crippen LogP contribution in [0.2, 0.25) is 5.02 Å². The maximum atomic E-state index is 9.53. The Balaban J connectivity index is 2.24. The highest BCUT2D eigenvalue weighted by Crippen LogP contribution is 2.54. The Morgan fingerprint density at radius 3 is 2.67 bits per heavy atom. The number of halogens is 1. The quantitative estimate of drug-likeness (QED) is 0.834. The van der Waals surface area contributed by atoms with Gasteiger partial charge in [-0.2, -0.15) is 0 Å². The Labute approximate surface area is 113 Å². The van der Waals surface area contributed by atoms with Crippen LogP contribution in [-0.2, 0) is 0 Å². The van der Waals surface area contributed by atoms with Gasteiger partial charge in [0.05, 0.1) is 18.2 Å². The summed E-state index contributed by atoms with van der Waals surface area (Å²) in [6.45, 7) is 2.75. The van der Waals surface area contributed by atoms with Crippen molar-refractivity contribution in [3.8, 4) is 5.75 Å². The molecule has 0 spiro atoms. The van der Waals surface area contributed by atoms with Crippen molar-refractivity contribution in [1.29, 1.82) is 0 Å². The van der Waals surface area contributed by atoms with Gasteiger partial charge in [-0.15, -0.1) is 0 Å². The monoisotopic (exact) mass is 269 g/mol. The molecule has 1 fully saturated rings. The summed E-state index contributed by atoms with van der Waals surface area (Å²) in [6, 6.07) is 6.01. The molecule has 0 amide bonds. The van der Waals surface area contributed by atoms with E-state index in [2.05, 4.69) is 5.32 Å². The molecule has 100 valence electrons. The van der Waals surface area contributed by atoms with E-state index in [0.717, 1.165) is 18.4 Å². The summed E-state index contributed by atoms with van der Waals surface area (Å²) in [5.74, 6) is 0.714. The van der Waals surface area contributed by atoms with Crippen LogP contribution in [0.15, 0.2) is 18.2 Å². The molecule has 1 atom stereocenters. The van der Waals surface area contributed by atoms with Crippen LogP contribution in [0.1, 0.15) is 31.4 Å². The van der Waals surface area contributed by atoms with Crippen molar-refractivity contribution >= 4 is 11.6 Å². The second-order valence-corrected chi connectivity index (χ2v) is 5.27. The van der Waals surface area contributed by atoms with E-state index in [1.54, 1.807) is 0 Å². The lowest BCUT2D eigenvalue weighted by atomic mass is 9.91. The van der Waals surface area contributed by atoms with Crippen molar-refractivity contribution in [3.63, 3.8) is 0 Å². The fourth-order valence-electron chi connectivity index (χ4n) is 2.49. The van der Waals surface area contributed by atoms with Crippen LogP contribution in [0.3, 0.4) is 0 Å². The smallest absolute Gasteiger partial charge is 0.137 e. The second-order valence-electron chi connectivity index (χ2n) is 4.87. The average Bonchev–Trinajstić information content (AvgIpc) is 3.15. The Bertz CT molecular complexity index is 418. The van der Waals surface area contributed by atoms with Crippen LogP contribution in [-0.4, -0.2) is 25.4 Å². The van der Waals surface area contributed by atoms with E-state index in [1.165, 1.54) is 0 Å². The molecule has 0 aromatic heterocycles. The molecule has 1 aromatic rings. The first-order valence-electron chi connectivity index (χ1n) is 6.37. The third-order valence-electron chi connectivity index (χ3n) is 3.70. The standard InChI is InChI=1S/C14H20ClNO2/c1-3-18-12-5-4-10(8-11(12)15)13(16-2)14(9-17)6-7-14/h4-5,8,13,16-17H,3,6-7,9H2,1-2H3. The van der Waals surface area contributed by atoms with Gasteiger partial charge in [0.15, 0.2) is 0 Å². The summed E-state index contributed by atoms with van der Waals surface area (Å²) < 4.78 is 5.43. The summed E-state index contributed by atoms with van der Waals surface area (Å²) in [6.07, 6.45) is 2.11. The highest BCUT2D eigenvalue weighted by molar-refractivity contribution is 6.32. The van der Waals surface area contributed by atoms with Crippen LogP contribution in [0, 0.1) is 5.41 Å². The summed E-state index contributed by atoms with van der Waals surface area (Å²) in [4.78, 5) is 0. The summed E-state index contributed by atoms with van der Waals surface area (Å²) >= 11 is 6.21. The minimum absolute atomic E-state index is 0.00872. The molecule has 3 nitrogen and oxygen atoms in total. The lowest BCUT2D eigenvalue weighted by Gasteiger charge is -2.25.